The van der Waals surface area contributed by atoms with E-state index in [-0.39, 0.29) is 49.6 Å². The second-order valence-electron chi connectivity index (χ2n) is 13.8. The lowest BCUT2D eigenvalue weighted by molar-refractivity contribution is -0.178. The fourth-order valence-electron chi connectivity index (χ4n) is 7.63. The summed E-state index contributed by atoms with van der Waals surface area (Å²) in [5.41, 5.74) is 1.12. The van der Waals surface area contributed by atoms with Crippen LogP contribution in [0.25, 0.3) is 0 Å². The van der Waals surface area contributed by atoms with E-state index in [1.807, 2.05) is 66.4 Å². The lowest BCUT2D eigenvalue weighted by atomic mass is 9.66. The molecule has 0 spiro atoms. The normalized spacial score (nSPS) is 24.8. The highest BCUT2D eigenvalue weighted by Crippen LogP contribution is 2.50. The quantitative estimate of drug-likeness (QED) is 0.288. The Morgan fingerprint density at radius 1 is 0.902 bits per heavy atom. The van der Waals surface area contributed by atoms with Gasteiger partial charge in [-0.25, -0.2) is 0 Å². The number of likely N-dealkylation sites (tertiary alicyclic amines) is 1. The molecule has 3 heterocycles. The molecule has 0 aromatic heterocycles. The van der Waals surface area contributed by atoms with Gasteiger partial charge < -0.3 is 38.4 Å². The number of esters is 1. The molecule has 274 valence electrons. The Labute approximate surface area is 299 Å². The van der Waals surface area contributed by atoms with Crippen LogP contribution < -0.4 is 9.47 Å². The van der Waals surface area contributed by atoms with Crippen LogP contribution in [0.5, 0.6) is 11.5 Å². The van der Waals surface area contributed by atoms with Crippen molar-refractivity contribution in [1.29, 1.82) is 0 Å². The van der Waals surface area contributed by atoms with E-state index in [1.165, 1.54) is 7.11 Å². The number of nitrogens with zero attached hydrogens (tertiary/aromatic N) is 3. The van der Waals surface area contributed by atoms with Gasteiger partial charge in [-0.3, -0.25) is 19.2 Å². The summed E-state index contributed by atoms with van der Waals surface area (Å²) >= 11 is 0. The lowest BCUT2D eigenvalue weighted by Crippen LogP contribution is -2.61. The maximum absolute atomic E-state index is 14.5. The van der Waals surface area contributed by atoms with E-state index < -0.39 is 29.5 Å². The number of amides is 3. The van der Waals surface area contributed by atoms with Gasteiger partial charge in [0.25, 0.3) is 0 Å². The minimum absolute atomic E-state index is 0.0649. The van der Waals surface area contributed by atoms with Crippen molar-refractivity contribution < 1.29 is 42.9 Å². The summed E-state index contributed by atoms with van der Waals surface area (Å²) in [5, 5.41) is 0. The smallest absolute Gasteiger partial charge is 0.320 e. The Morgan fingerprint density at radius 3 is 2.27 bits per heavy atom. The number of carbonyl (C=O) groups excluding carboxylic acids is 4. The Hall–Kier alpha value is -4.42. The van der Waals surface area contributed by atoms with E-state index in [1.54, 1.807) is 24.0 Å². The Kier molecular flexibility index (Phi) is 11.3. The highest BCUT2D eigenvalue weighted by atomic mass is 16.6. The van der Waals surface area contributed by atoms with Crippen LogP contribution >= 0.6 is 0 Å². The van der Waals surface area contributed by atoms with Gasteiger partial charge in [0, 0.05) is 56.7 Å². The number of hydrogen-bond acceptors (Lipinski definition) is 9. The number of ether oxygens (including phenoxy) is 5. The number of carbonyl (C=O) groups is 4. The van der Waals surface area contributed by atoms with Crippen molar-refractivity contribution in [3.05, 3.63) is 71.4 Å². The molecule has 51 heavy (non-hydrogen) atoms. The molecule has 4 atom stereocenters. The van der Waals surface area contributed by atoms with Gasteiger partial charge >= 0.3 is 5.97 Å². The van der Waals surface area contributed by atoms with Crippen molar-refractivity contribution in [3.8, 4) is 11.5 Å². The van der Waals surface area contributed by atoms with Crippen LogP contribution in [0.3, 0.4) is 0 Å². The van der Waals surface area contributed by atoms with Gasteiger partial charge in [-0.2, -0.15) is 0 Å². The third kappa shape index (κ3) is 7.77. The van der Waals surface area contributed by atoms with Gasteiger partial charge in [-0.15, -0.1) is 0 Å². The van der Waals surface area contributed by atoms with E-state index in [9.17, 15) is 19.2 Å². The van der Waals surface area contributed by atoms with E-state index in [0.717, 1.165) is 24.0 Å². The predicted molar refractivity (Wildman–Crippen MR) is 187 cm³/mol. The number of fused-ring (bicyclic) bond motifs is 1. The maximum Gasteiger partial charge on any atom is 0.320 e. The van der Waals surface area contributed by atoms with Crippen LogP contribution in [0.15, 0.2) is 60.3 Å². The molecule has 0 unspecified atom stereocenters. The molecular formula is C39H49N3O9. The molecule has 12 heteroatoms. The van der Waals surface area contributed by atoms with Crippen LogP contribution in [0.1, 0.15) is 43.7 Å². The summed E-state index contributed by atoms with van der Waals surface area (Å²) in [5.74, 6) is -0.240. The van der Waals surface area contributed by atoms with Crippen LogP contribution in [0.4, 0.5) is 0 Å². The number of hydrogen-bond donors (Lipinski definition) is 0. The zero-order chi connectivity index (χ0) is 36.1. The van der Waals surface area contributed by atoms with Crippen molar-refractivity contribution in [2.75, 3.05) is 60.7 Å². The number of rotatable bonds is 13. The van der Waals surface area contributed by atoms with Crippen LogP contribution in [-0.2, 0) is 46.4 Å². The number of piperazine rings is 1. The first-order valence-electron chi connectivity index (χ1n) is 17.8. The monoisotopic (exact) mass is 703 g/mol. The molecule has 0 N–H and O–H groups in total. The summed E-state index contributed by atoms with van der Waals surface area (Å²) < 4.78 is 28.8. The third-order valence-electron chi connectivity index (χ3n) is 10.7. The van der Waals surface area contributed by atoms with E-state index in [4.69, 9.17) is 23.7 Å². The molecule has 3 amide bonds. The standard InChI is InChI=1S/C39H49N3O9/c1-26-39(38(46)49-4)23-30(21-35(43)40-16-18-41(19-17-40)36(44)29-11-12-29)37(45)42(15-14-27-10-13-32(47-2)33(20-27)48-3)34(39)22-31(51-26)25-50-24-28-8-6-5-7-9-28/h5-10,13,20,22,26,29-31H,11-12,14-19,21,23-25H2,1-4H3/t26-,30+,31-,39+/m1/s1. The van der Waals surface area contributed by atoms with Gasteiger partial charge in [0.1, 0.15) is 11.5 Å². The largest absolute Gasteiger partial charge is 0.493 e. The van der Waals surface area contributed by atoms with Crippen molar-refractivity contribution in [2.24, 2.45) is 17.3 Å². The molecule has 3 fully saturated rings. The molecule has 0 bridgehead atoms. The van der Waals surface area contributed by atoms with Crippen molar-refractivity contribution >= 4 is 23.7 Å². The highest BCUT2D eigenvalue weighted by molar-refractivity contribution is 5.93. The molecule has 12 nitrogen and oxygen atoms in total. The first-order valence-corrected chi connectivity index (χ1v) is 17.8. The average molecular weight is 704 g/mol. The molecule has 2 saturated heterocycles. The van der Waals surface area contributed by atoms with Crippen molar-refractivity contribution in [1.82, 2.24) is 14.7 Å². The average Bonchev–Trinajstić information content (AvgIpc) is 4.01. The Balaban J connectivity index is 1.25. The topological polar surface area (TPSA) is 124 Å². The Morgan fingerprint density at radius 2 is 1.61 bits per heavy atom. The summed E-state index contributed by atoms with van der Waals surface area (Å²) in [6.07, 6.45) is 2.94. The number of piperidine rings is 1. The summed E-state index contributed by atoms with van der Waals surface area (Å²) in [6, 6.07) is 15.4. The van der Waals surface area contributed by atoms with Gasteiger partial charge in [-0.05, 0) is 61.9 Å². The zero-order valence-corrected chi connectivity index (χ0v) is 30.0. The lowest BCUT2D eigenvalue weighted by Gasteiger charge is -2.51. The first kappa shape index (κ1) is 36.4. The number of benzene rings is 2. The van der Waals surface area contributed by atoms with Crippen molar-refractivity contribution in [2.45, 2.75) is 57.8 Å². The fourth-order valence-corrected chi connectivity index (χ4v) is 7.63. The summed E-state index contributed by atoms with van der Waals surface area (Å²) in [7, 11) is 4.48. The van der Waals surface area contributed by atoms with Crippen LogP contribution in [0.2, 0.25) is 0 Å². The van der Waals surface area contributed by atoms with Gasteiger partial charge in [0.15, 0.2) is 11.5 Å². The van der Waals surface area contributed by atoms with E-state index in [0.29, 0.717) is 56.4 Å². The fraction of sp³-hybridized carbons (Fsp3) is 0.538. The molecule has 1 saturated carbocycles. The number of methoxy groups -OCH3 is 3. The van der Waals surface area contributed by atoms with Crippen molar-refractivity contribution in [3.63, 3.8) is 0 Å². The first-order chi connectivity index (χ1) is 24.7. The van der Waals surface area contributed by atoms with E-state index >= 15 is 0 Å². The molecule has 2 aromatic rings. The minimum atomic E-state index is -1.32. The molecule has 4 aliphatic rings. The molecule has 3 aliphatic heterocycles. The second-order valence-corrected chi connectivity index (χ2v) is 13.8. The highest BCUT2D eigenvalue weighted by Gasteiger charge is 2.59. The zero-order valence-electron chi connectivity index (χ0n) is 30.0. The summed E-state index contributed by atoms with van der Waals surface area (Å²) in [4.78, 5) is 60.1. The Bertz CT molecular complexity index is 1620. The molecule has 2 aromatic carbocycles. The van der Waals surface area contributed by atoms with Gasteiger partial charge in [0.05, 0.1) is 40.6 Å². The SMILES string of the molecule is COC(=O)[C@]12C[C@H](CC(=O)N3CCN(C(=O)C4CC4)CC3)C(=O)N(CCc3ccc(OC)c(OC)c3)C1=C[C@H](COCc1ccccc1)O[C@@H]2C. The maximum atomic E-state index is 14.5. The molecule has 1 aliphatic carbocycles. The minimum Gasteiger partial charge on any atom is -0.493 e. The van der Waals surface area contributed by atoms with Gasteiger partial charge in [-0.1, -0.05) is 36.4 Å². The van der Waals surface area contributed by atoms with Crippen LogP contribution in [0, 0.1) is 17.3 Å². The summed E-state index contributed by atoms with van der Waals surface area (Å²) in [6.45, 7) is 4.46. The molecular weight excluding hydrogens is 654 g/mol. The third-order valence-corrected chi connectivity index (χ3v) is 10.7. The second kappa shape index (κ2) is 15.9. The molecule has 6 rings (SSSR count). The van der Waals surface area contributed by atoms with Crippen LogP contribution in [-0.4, -0.2) is 111 Å². The molecule has 0 radical (unpaired) electrons. The van der Waals surface area contributed by atoms with E-state index in [2.05, 4.69) is 0 Å². The predicted octanol–water partition coefficient (Wildman–Crippen LogP) is 3.61. The van der Waals surface area contributed by atoms with Gasteiger partial charge in [0.2, 0.25) is 17.7 Å².